The summed E-state index contributed by atoms with van der Waals surface area (Å²) in [4.78, 5) is 11.3. The molecule has 0 saturated heterocycles. The van der Waals surface area contributed by atoms with Crippen molar-refractivity contribution in [1.82, 2.24) is 19.8 Å². The Labute approximate surface area is 189 Å². The molecule has 32 heavy (non-hydrogen) atoms. The van der Waals surface area contributed by atoms with Gasteiger partial charge in [0.2, 0.25) is 11.6 Å². The molecule has 0 aliphatic rings. The molecular weight excluding hydrogens is 406 g/mol. The Balaban J connectivity index is 1.69. The molecule has 0 aliphatic heterocycles. The molecule has 3 rings (SSSR count). The highest BCUT2D eigenvalue weighted by molar-refractivity contribution is 5.79. The third kappa shape index (κ3) is 5.72. The summed E-state index contributed by atoms with van der Waals surface area (Å²) >= 11 is 0. The highest BCUT2D eigenvalue weighted by atomic mass is 16.5. The zero-order valence-corrected chi connectivity index (χ0v) is 19.3. The van der Waals surface area contributed by atoms with E-state index in [1.165, 1.54) is 5.69 Å². The van der Waals surface area contributed by atoms with Crippen molar-refractivity contribution in [2.75, 3.05) is 27.8 Å². The van der Waals surface area contributed by atoms with E-state index in [2.05, 4.69) is 32.8 Å². The molecule has 0 bridgehead atoms. The molecular formula is C24H31N5O3. The second kappa shape index (κ2) is 11.1. The van der Waals surface area contributed by atoms with Crippen LogP contribution in [0.5, 0.6) is 23.1 Å². The minimum absolute atomic E-state index is 0.452. The fourth-order valence-corrected chi connectivity index (χ4v) is 3.20. The predicted molar refractivity (Wildman–Crippen MR) is 126 cm³/mol. The number of nitrogens with zero attached hydrogens (tertiary/aromatic N) is 4. The SMILES string of the molecule is CCNC(=NCc1ccc(Oc2c(OC)cccc2OC)nc1)N(C)Cc1cccn1C. The van der Waals surface area contributed by atoms with Crippen LogP contribution in [0.1, 0.15) is 18.2 Å². The van der Waals surface area contributed by atoms with Crippen LogP contribution >= 0.6 is 0 Å². The molecule has 0 fully saturated rings. The number of ether oxygens (including phenoxy) is 3. The van der Waals surface area contributed by atoms with E-state index in [0.717, 1.165) is 24.6 Å². The first-order valence-corrected chi connectivity index (χ1v) is 10.5. The number of benzene rings is 1. The largest absolute Gasteiger partial charge is 0.493 e. The average Bonchev–Trinajstić information content (AvgIpc) is 3.21. The monoisotopic (exact) mass is 437 g/mol. The van der Waals surface area contributed by atoms with Gasteiger partial charge in [0.05, 0.1) is 27.3 Å². The third-order valence-corrected chi connectivity index (χ3v) is 4.95. The Bertz CT molecular complexity index is 1010. The van der Waals surface area contributed by atoms with E-state index >= 15 is 0 Å². The van der Waals surface area contributed by atoms with Crippen LogP contribution < -0.4 is 19.5 Å². The topological polar surface area (TPSA) is 73.1 Å². The second-order valence-electron chi connectivity index (χ2n) is 7.24. The number of hydrogen-bond acceptors (Lipinski definition) is 5. The fraction of sp³-hybridized carbons (Fsp3) is 0.333. The summed E-state index contributed by atoms with van der Waals surface area (Å²) in [7, 11) is 7.26. The maximum Gasteiger partial charge on any atom is 0.219 e. The fourth-order valence-electron chi connectivity index (χ4n) is 3.20. The third-order valence-electron chi connectivity index (χ3n) is 4.95. The van der Waals surface area contributed by atoms with Gasteiger partial charge in [-0.25, -0.2) is 9.98 Å². The van der Waals surface area contributed by atoms with Crippen LogP contribution in [-0.4, -0.2) is 48.2 Å². The van der Waals surface area contributed by atoms with Crippen molar-refractivity contribution in [3.05, 3.63) is 66.1 Å². The summed E-state index contributed by atoms with van der Waals surface area (Å²) < 4.78 is 18.8. The second-order valence-corrected chi connectivity index (χ2v) is 7.24. The molecule has 0 aliphatic carbocycles. The number of aromatic nitrogens is 2. The van der Waals surface area contributed by atoms with E-state index in [9.17, 15) is 0 Å². The summed E-state index contributed by atoms with van der Waals surface area (Å²) in [6.45, 7) is 4.12. The van der Waals surface area contributed by atoms with Crippen LogP contribution in [0.4, 0.5) is 0 Å². The van der Waals surface area contributed by atoms with Crippen LogP contribution in [0.3, 0.4) is 0 Å². The standard InChI is InChI=1S/C24H31N5O3/c1-6-25-24(29(3)17-19-9-8-14-28(19)2)27-16-18-12-13-22(26-15-18)32-23-20(30-4)10-7-11-21(23)31-5/h7-15H,6,16-17H2,1-5H3,(H,25,27). The highest BCUT2D eigenvalue weighted by Gasteiger charge is 2.13. The van der Waals surface area contributed by atoms with Crippen LogP contribution in [0, 0.1) is 0 Å². The number of methoxy groups -OCH3 is 2. The van der Waals surface area contributed by atoms with Crippen molar-refractivity contribution >= 4 is 5.96 Å². The van der Waals surface area contributed by atoms with Crippen molar-refractivity contribution in [1.29, 1.82) is 0 Å². The minimum atomic E-state index is 0.452. The summed E-state index contributed by atoms with van der Waals surface area (Å²) in [6.07, 6.45) is 3.81. The van der Waals surface area contributed by atoms with E-state index in [1.54, 1.807) is 20.4 Å². The number of guanidine groups is 1. The van der Waals surface area contributed by atoms with E-state index < -0.39 is 0 Å². The van der Waals surface area contributed by atoms with Gasteiger partial charge in [0.1, 0.15) is 0 Å². The molecule has 1 N–H and O–H groups in total. The zero-order valence-electron chi connectivity index (χ0n) is 19.3. The predicted octanol–water partition coefficient (Wildman–Crippen LogP) is 3.83. The Hall–Kier alpha value is -3.68. The summed E-state index contributed by atoms with van der Waals surface area (Å²) in [6, 6.07) is 13.4. The Kier molecular flexibility index (Phi) is 7.96. The summed E-state index contributed by atoms with van der Waals surface area (Å²) in [5.41, 5.74) is 2.19. The molecule has 8 heteroatoms. The number of aryl methyl sites for hydroxylation is 1. The van der Waals surface area contributed by atoms with Gasteiger partial charge in [-0.1, -0.05) is 12.1 Å². The average molecular weight is 438 g/mol. The molecule has 0 atom stereocenters. The highest BCUT2D eigenvalue weighted by Crippen LogP contribution is 2.39. The number of hydrogen-bond donors (Lipinski definition) is 1. The van der Waals surface area contributed by atoms with Crippen molar-refractivity contribution in [3.63, 3.8) is 0 Å². The quantitative estimate of drug-likeness (QED) is 0.405. The lowest BCUT2D eigenvalue weighted by Crippen LogP contribution is -2.38. The first-order chi connectivity index (χ1) is 15.5. The van der Waals surface area contributed by atoms with Crippen molar-refractivity contribution < 1.29 is 14.2 Å². The van der Waals surface area contributed by atoms with Crippen LogP contribution in [-0.2, 0) is 20.1 Å². The Morgan fingerprint density at radius 2 is 1.84 bits per heavy atom. The van der Waals surface area contributed by atoms with Gasteiger partial charge in [0, 0.05) is 44.8 Å². The molecule has 0 unspecified atom stereocenters. The van der Waals surface area contributed by atoms with Gasteiger partial charge < -0.3 is 29.0 Å². The number of para-hydroxylation sites is 1. The Morgan fingerprint density at radius 1 is 1.09 bits per heavy atom. The van der Waals surface area contributed by atoms with Crippen molar-refractivity contribution in [2.24, 2.45) is 12.0 Å². The van der Waals surface area contributed by atoms with E-state index in [-0.39, 0.29) is 0 Å². The van der Waals surface area contributed by atoms with Gasteiger partial charge in [-0.15, -0.1) is 0 Å². The van der Waals surface area contributed by atoms with Gasteiger partial charge in [-0.3, -0.25) is 0 Å². The molecule has 0 radical (unpaired) electrons. The number of rotatable bonds is 9. The van der Waals surface area contributed by atoms with Crippen LogP contribution in [0.25, 0.3) is 0 Å². The molecule has 2 heterocycles. The van der Waals surface area contributed by atoms with Crippen LogP contribution in [0.15, 0.2) is 59.9 Å². The van der Waals surface area contributed by atoms with Crippen LogP contribution in [0.2, 0.25) is 0 Å². The summed E-state index contributed by atoms with van der Waals surface area (Å²) in [5.74, 6) is 2.95. The maximum absolute atomic E-state index is 5.93. The van der Waals surface area contributed by atoms with Gasteiger partial charge >= 0.3 is 0 Å². The molecule has 2 aromatic heterocycles. The number of nitrogens with one attached hydrogen (secondary N) is 1. The molecule has 0 spiro atoms. The van der Waals surface area contributed by atoms with E-state index in [0.29, 0.717) is 29.7 Å². The molecule has 170 valence electrons. The normalized spacial score (nSPS) is 11.2. The van der Waals surface area contributed by atoms with Gasteiger partial charge in [-0.2, -0.15) is 0 Å². The first-order valence-electron chi connectivity index (χ1n) is 10.5. The van der Waals surface area contributed by atoms with Crippen molar-refractivity contribution in [2.45, 2.75) is 20.0 Å². The summed E-state index contributed by atoms with van der Waals surface area (Å²) in [5, 5.41) is 3.35. The molecule has 0 amide bonds. The van der Waals surface area contributed by atoms with Gasteiger partial charge in [0.25, 0.3) is 0 Å². The van der Waals surface area contributed by atoms with E-state index in [4.69, 9.17) is 19.2 Å². The molecule has 8 nitrogen and oxygen atoms in total. The molecule has 1 aromatic carbocycles. The zero-order chi connectivity index (χ0) is 22.9. The first kappa shape index (κ1) is 23.0. The number of pyridine rings is 1. The van der Waals surface area contributed by atoms with Gasteiger partial charge in [-0.05, 0) is 36.8 Å². The maximum atomic E-state index is 5.93. The van der Waals surface area contributed by atoms with Gasteiger partial charge in [0.15, 0.2) is 17.5 Å². The lowest BCUT2D eigenvalue weighted by atomic mass is 10.3. The molecule has 3 aromatic rings. The molecule has 0 saturated carbocycles. The lowest BCUT2D eigenvalue weighted by molar-refractivity contribution is 0.342. The lowest BCUT2D eigenvalue weighted by Gasteiger charge is -2.22. The van der Waals surface area contributed by atoms with Crippen molar-refractivity contribution in [3.8, 4) is 23.1 Å². The smallest absolute Gasteiger partial charge is 0.219 e. The number of aliphatic imine (C=N–C) groups is 1. The Morgan fingerprint density at radius 3 is 2.41 bits per heavy atom. The minimum Gasteiger partial charge on any atom is -0.493 e. The van der Waals surface area contributed by atoms with E-state index in [1.807, 2.05) is 56.7 Å².